The molecule has 2 aromatic rings. The lowest BCUT2D eigenvalue weighted by Crippen LogP contribution is -2.31. The first-order chi connectivity index (χ1) is 24.8. The van der Waals surface area contributed by atoms with Crippen molar-refractivity contribution in [1.82, 2.24) is 30.6 Å². The van der Waals surface area contributed by atoms with E-state index in [1.54, 1.807) is 0 Å². The number of nitrogens with two attached hydrogens (primary N) is 3. The van der Waals surface area contributed by atoms with Crippen molar-refractivity contribution in [2.45, 2.75) is 161 Å². The second-order valence-corrected chi connectivity index (χ2v) is 20.4. The summed E-state index contributed by atoms with van der Waals surface area (Å²) in [6, 6.07) is 0. The Hall–Kier alpha value is -4.16. The minimum absolute atomic E-state index is 0.00503. The van der Waals surface area contributed by atoms with Crippen molar-refractivity contribution in [2.24, 2.45) is 21.7 Å². The number of carbonyl (C=O) groups is 4. The number of nitrogens with zero attached hydrogens (tertiary/aromatic N) is 4. The molecule has 2 amide bonds. The van der Waals surface area contributed by atoms with Crippen LogP contribution in [-0.2, 0) is 5.41 Å². The molecule has 0 atom stereocenters. The summed E-state index contributed by atoms with van der Waals surface area (Å²) in [6.07, 6.45) is 5.74. The average molecular weight is 768 g/mol. The molecular formula is C42H73N9O4. The van der Waals surface area contributed by atoms with E-state index in [9.17, 15) is 19.2 Å². The summed E-state index contributed by atoms with van der Waals surface area (Å²) in [7, 11) is 0. The van der Waals surface area contributed by atoms with Crippen molar-refractivity contribution >= 4 is 40.8 Å². The van der Waals surface area contributed by atoms with Gasteiger partial charge in [0.05, 0.1) is 5.69 Å². The van der Waals surface area contributed by atoms with Crippen molar-refractivity contribution < 1.29 is 19.2 Å². The van der Waals surface area contributed by atoms with Crippen molar-refractivity contribution in [1.29, 1.82) is 0 Å². The Kier molecular flexibility index (Phi) is 17.4. The highest BCUT2D eigenvalue weighted by molar-refractivity contribution is 6.02. The maximum atomic E-state index is 12.9. The first-order valence-electron chi connectivity index (χ1n) is 19.5. The number of aromatic nitrogens is 4. The van der Waals surface area contributed by atoms with E-state index in [1.807, 2.05) is 20.8 Å². The second-order valence-electron chi connectivity index (χ2n) is 20.4. The molecule has 0 aliphatic carbocycles. The van der Waals surface area contributed by atoms with Crippen molar-refractivity contribution in [3.63, 3.8) is 0 Å². The Morgan fingerprint density at radius 1 is 0.455 bits per heavy atom. The predicted molar refractivity (Wildman–Crippen MR) is 224 cm³/mol. The Labute approximate surface area is 331 Å². The number of Topliss-reactive ketones (excluding diaryl/α,β-unsaturated/α-hetero) is 2. The van der Waals surface area contributed by atoms with E-state index >= 15 is 0 Å². The fourth-order valence-corrected chi connectivity index (χ4v) is 5.23. The van der Waals surface area contributed by atoms with Crippen LogP contribution in [0.3, 0.4) is 0 Å². The Morgan fingerprint density at radius 2 is 0.764 bits per heavy atom. The van der Waals surface area contributed by atoms with Gasteiger partial charge in [0.1, 0.15) is 5.69 Å². The first kappa shape index (κ1) is 48.9. The topological polar surface area (TPSA) is 222 Å². The molecule has 8 N–H and O–H groups in total. The lowest BCUT2D eigenvalue weighted by atomic mass is 9.86. The van der Waals surface area contributed by atoms with Crippen LogP contribution < -0.4 is 27.8 Å². The molecule has 0 bridgehead atoms. The van der Waals surface area contributed by atoms with Gasteiger partial charge in [-0.1, -0.05) is 104 Å². The third-order valence-electron chi connectivity index (χ3n) is 8.52. The van der Waals surface area contributed by atoms with E-state index in [4.69, 9.17) is 17.2 Å². The van der Waals surface area contributed by atoms with Crippen LogP contribution in [0.1, 0.15) is 203 Å². The zero-order valence-electron chi connectivity index (χ0n) is 36.7. The van der Waals surface area contributed by atoms with Crippen LogP contribution in [0.25, 0.3) is 0 Å². The van der Waals surface area contributed by atoms with Crippen LogP contribution in [0.4, 0.5) is 17.5 Å². The molecule has 13 nitrogen and oxygen atoms in total. The summed E-state index contributed by atoms with van der Waals surface area (Å²) in [5.74, 6) is -1.18. The van der Waals surface area contributed by atoms with Gasteiger partial charge in [0.2, 0.25) is 0 Å². The lowest BCUT2D eigenvalue weighted by Gasteiger charge is -2.22. The van der Waals surface area contributed by atoms with Gasteiger partial charge >= 0.3 is 0 Å². The van der Waals surface area contributed by atoms with Crippen molar-refractivity contribution in [3.8, 4) is 0 Å². The lowest BCUT2D eigenvalue weighted by molar-refractivity contribution is 0.0934. The maximum absolute atomic E-state index is 12.9. The highest BCUT2D eigenvalue weighted by Gasteiger charge is 2.29. The van der Waals surface area contributed by atoms with Gasteiger partial charge < -0.3 is 27.8 Å². The summed E-state index contributed by atoms with van der Waals surface area (Å²) in [6.45, 7) is 32.3. The van der Waals surface area contributed by atoms with E-state index in [1.165, 1.54) is 0 Å². The number of ketones is 2. The van der Waals surface area contributed by atoms with Crippen molar-refractivity contribution in [3.05, 3.63) is 28.5 Å². The Balaban J connectivity index is 0.000000553. The molecule has 2 rings (SSSR count). The summed E-state index contributed by atoms with van der Waals surface area (Å²) in [5.41, 5.74) is 18.8. The summed E-state index contributed by atoms with van der Waals surface area (Å²) < 4.78 is 0. The van der Waals surface area contributed by atoms with Gasteiger partial charge in [-0.3, -0.25) is 19.2 Å². The molecule has 310 valence electrons. The molecule has 0 unspecified atom stereocenters. The van der Waals surface area contributed by atoms with Crippen LogP contribution in [-0.4, -0.2) is 56.4 Å². The molecule has 0 aliphatic rings. The molecule has 0 fully saturated rings. The van der Waals surface area contributed by atoms with Gasteiger partial charge in [0.15, 0.2) is 46.1 Å². The fourth-order valence-electron chi connectivity index (χ4n) is 5.23. The molecule has 2 heterocycles. The number of rotatable bonds is 14. The number of hydrogen-bond acceptors (Lipinski definition) is 11. The normalized spacial score (nSPS) is 12.4. The van der Waals surface area contributed by atoms with Gasteiger partial charge in [0.25, 0.3) is 11.8 Å². The minimum Gasteiger partial charge on any atom is -0.382 e. The zero-order chi connectivity index (χ0) is 42.7. The number of nitrogens with one attached hydrogen (secondary N) is 2. The monoisotopic (exact) mass is 768 g/mol. The van der Waals surface area contributed by atoms with Crippen LogP contribution in [0.5, 0.6) is 0 Å². The van der Waals surface area contributed by atoms with Gasteiger partial charge in [-0.25, -0.2) is 19.9 Å². The number of amides is 2. The van der Waals surface area contributed by atoms with Gasteiger partial charge in [-0.15, -0.1) is 0 Å². The number of carbonyl (C=O) groups excluding carboxylic acids is 4. The molecular weight excluding hydrogens is 695 g/mol. The summed E-state index contributed by atoms with van der Waals surface area (Å²) in [4.78, 5) is 67.0. The van der Waals surface area contributed by atoms with Crippen LogP contribution in [0.15, 0.2) is 0 Å². The predicted octanol–water partition coefficient (Wildman–Crippen LogP) is 8.13. The molecule has 0 aliphatic heterocycles. The molecule has 2 aromatic heterocycles. The molecule has 0 spiro atoms. The number of anilines is 3. The Bertz CT molecular complexity index is 1580. The van der Waals surface area contributed by atoms with E-state index < -0.39 is 11.3 Å². The first-order valence-corrected chi connectivity index (χ1v) is 19.5. The zero-order valence-corrected chi connectivity index (χ0v) is 36.7. The number of hydrogen-bond donors (Lipinski definition) is 5. The molecule has 0 saturated carbocycles. The maximum Gasteiger partial charge on any atom is 0.273 e. The molecule has 13 heteroatoms. The number of nitrogen functional groups attached to an aromatic ring is 3. The van der Waals surface area contributed by atoms with Crippen LogP contribution in [0, 0.1) is 21.7 Å². The minimum atomic E-state index is -0.434. The summed E-state index contributed by atoms with van der Waals surface area (Å²) >= 11 is 0. The quantitative estimate of drug-likeness (QED) is 0.115. The highest BCUT2D eigenvalue weighted by Crippen LogP contribution is 2.28. The van der Waals surface area contributed by atoms with Gasteiger partial charge in [-0.05, 0) is 60.2 Å². The van der Waals surface area contributed by atoms with Crippen molar-refractivity contribution in [2.75, 3.05) is 30.3 Å². The van der Waals surface area contributed by atoms with Gasteiger partial charge in [0, 0.05) is 31.3 Å². The van der Waals surface area contributed by atoms with E-state index in [2.05, 4.69) is 114 Å². The third-order valence-corrected chi connectivity index (χ3v) is 8.52. The molecule has 0 saturated heterocycles. The van der Waals surface area contributed by atoms with Crippen LogP contribution >= 0.6 is 0 Å². The molecule has 0 radical (unpaired) electrons. The largest absolute Gasteiger partial charge is 0.382 e. The highest BCUT2D eigenvalue weighted by atomic mass is 16.2. The fraction of sp³-hybridized carbons (Fsp3) is 0.714. The molecule has 55 heavy (non-hydrogen) atoms. The van der Waals surface area contributed by atoms with E-state index in [0.29, 0.717) is 31.6 Å². The van der Waals surface area contributed by atoms with E-state index in [0.717, 1.165) is 38.5 Å². The van der Waals surface area contributed by atoms with Gasteiger partial charge in [-0.2, -0.15) is 0 Å². The smallest absolute Gasteiger partial charge is 0.273 e. The second kappa shape index (κ2) is 19.6. The van der Waals surface area contributed by atoms with E-state index in [-0.39, 0.29) is 79.4 Å². The third kappa shape index (κ3) is 18.8. The Morgan fingerprint density at radius 3 is 1.13 bits per heavy atom. The summed E-state index contributed by atoms with van der Waals surface area (Å²) in [5, 5.41) is 5.63. The average Bonchev–Trinajstić information content (AvgIpc) is 2.98. The molecule has 0 aromatic carbocycles. The SMILES string of the molecule is CC(C)(C)CCCC(=O)c1nc(N)c(C(=O)NCCC(C)(C)C)nc1C(C)(C)C.CC(C)(C)CCCC(=O)c1nc(N)c(C(=O)NCCC(C)(C)C)nc1N. The van der Waals surface area contributed by atoms with Crippen LogP contribution in [0.2, 0.25) is 0 Å². The standard InChI is InChI=1S/C23H40N4O2.C19H33N5O2/c1-21(2,3)12-10-11-15(28)16-18(23(7,8)9)26-17(19(24)27-16)20(29)25-14-13-22(4,5)6;1-18(2,3)9-7-8-12(25)13-15(20)24-14(16(21)23-13)17(26)22-11-10-19(4,5)6/h10-14H2,1-9H3,(H2,24,27)(H,25,29);7-11H2,1-6H3,(H2,20,24)(H2,21,23)(H,22,26).